The molecule has 0 amide bonds. The molecule has 8 nitrogen and oxygen atoms in total. The molecular weight excluding hydrogens is 600 g/mol. The summed E-state index contributed by atoms with van der Waals surface area (Å²) in [6.45, 7) is 5.67. The van der Waals surface area contributed by atoms with Gasteiger partial charge in [-0.15, -0.1) is 0 Å². The van der Waals surface area contributed by atoms with Gasteiger partial charge in [-0.2, -0.15) is 0 Å². The molecule has 0 unspecified atom stereocenters. The highest BCUT2D eigenvalue weighted by molar-refractivity contribution is 5.37. The fourth-order valence-electron chi connectivity index (χ4n) is 7.26. The highest BCUT2D eigenvalue weighted by Gasteiger charge is 2.36. The van der Waals surface area contributed by atoms with E-state index in [0.717, 1.165) is 59.6 Å². The molecule has 5 aromatic rings. The van der Waals surface area contributed by atoms with Crippen molar-refractivity contribution in [1.29, 1.82) is 0 Å². The highest BCUT2D eigenvalue weighted by Crippen LogP contribution is 2.38. The van der Waals surface area contributed by atoms with Gasteiger partial charge in [-0.05, 0) is 35.4 Å². The fourth-order valence-corrected chi connectivity index (χ4v) is 7.26. The number of rotatable bonds is 10. The Balaban J connectivity index is 1.20. The molecule has 5 aromatic carbocycles. The first-order valence-electron chi connectivity index (χ1n) is 16.6. The van der Waals surface area contributed by atoms with Crippen molar-refractivity contribution in [3.05, 3.63) is 155 Å². The van der Waals surface area contributed by atoms with Gasteiger partial charge in [-0.25, -0.2) is 0 Å². The largest absolute Gasteiger partial charge is 0.508 e. The Bertz CT molecular complexity index is 1600. The predicted molar refractivity (Wildman–Crippen MR) is 186 cm³/mol. The standard InChI is InChI=1S/C40H42N4O4/c45-35-13-5-1-9-31(35)25-41-21-22-42(26-32-10-2-6-14-36(32)46)39(41)29-17-19-30(20-18-29)40-43(27-33-11-3-7-15-37(33)47)23-24-44(40)28-34-12-4-8-16-38(34)48/h1-20,39-40,45-48H,21-28H2. The van der Waals surface area contributed by atoms with E-state index >= 15 is 0 Å². The molecular formula is C40H42N4O4. The molecule has 4 N–H and O–H groups in total. The van der Waals surface area contributed by atoms with Crippen molar-refractivity contribution in [3.63, 3.8) is 0 Å². The minimum atomic E-state index is -0.0587. The Morgan fingerprint density at radius 2 is 0.583 bits per heavy atom. The van der Waals surface area contributed by atoms with Crippen LogP contribution in [0.2, 0.25) is 0 Å². The average molecular weight is 643 g/mol. The molecule has 7 rings (SSSR count). The van der Waals surface area contributed by atoms with Gasteiger partial charge in [0, 0.05) is 74.6 Å². The van der Waals surface area contributed by atoms with Crippen LogP contribution in [0.15, 0.2) is 121 Å². The number of hydrogen-bond donors (Lipinski definition) is 4. The SMILES string of the molecule is Oc1ccccc1CN1CCN(Cc2ccccc2O)C1c1ccc(C2N(Cc3ccccc3O)CCN2Cc2ccccc2O)cc1. The van der Waals surface area contributed by atoms with Crippen LogP contribution in [0, 0.1) is 0 Å². The molecule has 2 aliphatic heterocycles. The van der Waals surface area contributed by atoms with Crippen molar-refractivity contribution >= 4 is 0 Å². The number of nitrogens with zero attached hydrogens (tertiary/aromatic N) is 4. The first-order valence-corrected chi connectivity index (χ1v) is 16.6. The second-order valence-electron chi connectivity index (χ2n) is 12.8. The van der Waals surface area contributed by atoms with Crippen LogP contribution in [0.25, 0.3) is 0 Å². The Hall–Kier alpha value is -4.86. The van der Waals surface area contributed by atoms with Crippen LogP contribution in [-0.2, 0) is 26.2 Å². The smallest absolute Gasteiger partial charge is 0.120 e. The van der Waals surface area contributed by atoms with Crippen LogP contribution in [0.4, 0.5) is 0 Å². The predicted octanol–water partition coefficient (Wildman–Crippen LogP) is 6.54. The molecule has 48 heavy (non-hydrogen) atoms. The maximum atomic E-state index is 10.6. The molecule has 2 aliphatic rings. The van der Waals surface area contributed by atoms with E-state index in [4.69, 9.17) is 0 Å². The Morgan fingerprint density at radius 3 is 0.812 bits per heavy atom. The number of benzene rings is 5. The Morgan fingerprint density at radius 1 is 0.354 bits per heavy atom. The number of phenolic OH excluding ortho intramolecular Hbond substituents is 4. The summed E-state index contributed by atoms with van der Waals surface area (Å²) in [7, 11) is 0. The van der Waals surface area contributed by atoms with Crippen LogP contribution < -0.4 is 0 Å². The summed E-state index contributed by atoms with van der Waals surface area (Å²) >= 11 is 0. The molecule has 0 spiro atoms. The van der Waals surface area contributed by atoms with Gasteiger partial charge in [0.25, 0.3) is 0 Å². The molecule has 8 heteroatoms. The topological polar surface area (TPSA) is 93.9 Å². The number of hydrogen-bond acceptors (Lipinski definition) is 8. The first-order chi connectivity index (χ1) is 23.4. The summed E-state index contributed by atoms with van der Waals surface area (Å²) in [5.74, 6) is 1.17. The van der Waals surface area contributed by atoms with Gasteiger partial charge in [0.05, 0.1) is 12.3 Å². The molecule has 2 fully saturated rings. The van der Waals surface area contributed by atoms with Gasteiger partial charge >= 0.3 is 0 Å². The Kier molecular flexibility index (Phi) is 9.31. The van der Waals surface area contributed by atoms with E-state index in [0.29, 0.717) is 49.2 Å². The normalized spacial score (nSPS) is 17.0. The van der Waals surface area contributed by atoms with Crippen molar-refractivity contribution in [3.8, 4) is 23.0 Å². The van der Waals surface area contributed by atoms with Gasteiger partial charge in [-0.3, -0.25) is 19.6 Å². The molecule has 0 atom stereocenters. The zero-order chi connectivity index (χ0) is 33.0. The number of aromatic hydroxyl groups is 4. The van der Waals surface area contributed by atoms with E-state index in [1.807, 2.05) is 72.8 Å². The summed E-state index contributed by atoms with van der Waals surface area (Å²) in [6, 6.07) is 38.8. The molecule has 2 heterocycles. The third-order valence-electron chi connectivity index (χ3n) is 9.73. The quantitative estimate of drug-likeness (QED) is 0.137. The van der Waals surface area contributed by atoms with Gasteiger partial charge in [-0.1, -0.05) is 97.1 Å². The lowest BCUT2D eigenvalue weighted by molar-refractivity contribution is 0.121. The monoisotopic (exact) mass is 642 g/mol. The van der Waals surface area contributed by atoms with E-state index in [-0.39, 0.29) is 12.3 Å². The maximum absolute atomic E-state index is 10.6. The van der Waals surface area contributed by atoms with Crippen molar-refractivity contribution in [1.82, 2.24) is 19.6 Å². The lowest BCUT2D eigenvalue weighted by Crippen LogP contribution is -2.32. The van der Waals surface area contributed by atoms with Crippen LogP contribution in [0.3, 0.4) is 0 Å². The highest BCUT2D eigenvalue weighted by atomic mass is 16.3. The number of phenols is 4. The second kappa shape index (κ2) is 14.1. The summed E-state index contributed by atoms with van der Waals surface area (Å²) < 4.78 is 0. The summed E-state index contributed by atoms with van der Waals surface area (Å²) in [5.41, 5.74) is 5.81. The summed E-state index contributed by atoms with van der Waals surface area (Å²) in [6.07, 6.45) is -0.117. The molecule has 0 saturated carbocycles. The molecule has 0 bridgehead atoms. The van der Waals surface area contributed by atoms with Crippen molar-refractivity contribution < 1.29 is 20.4 Å². The minimum absolute atomic E-state index is 0.0587. The fraction of sp³-hybridized carbons (Fsp3) is 0.250. The summed E-state index contributed by atoms with van der Waals surface area (Å²) in [5, 5.41) is 42.4. The van der Waals surface area contributed by atoms with Gasteiger partial charge in [0.15, 0.2) is 0 Å². The lowest BCUT2D eigenvalue weighted by Gasteiger charge is -2.33. The van der Waals surface area contributed by atoms with Gasteiger partial charge in [0.2, 0.25) is 0 Å². The van der Waals surface area contributed by atoms with Crippen LogP contribution in [-0.4, -0.2) is 66.2 Å². The van der Waals surface area contributed by atoms with E-state index < -0.39 is 0 Å². The van der Waals surface area contributed by atoms with E-state index in [9.17, 15) is 20.4 Å². The van der Waals surface area contributed by atoms with Crippen LogP contribution in [0.1, 0.15) is 45.7 Å². The van der Waals surface area contributed by atoms with Crippen LogP contribution in [0.5, 0.6) is 23.0 Å². The number of para-hydroxylation sites is 4. The minimum Gasteiger partial charge on any atom is -0.508 e. The van der Waals surface area contributed by atoms with Crippen molar-refractivity contribution in [2.24, 2.45) is 0 Å². The second-order valence-corrected chi connectivity index (χ2v) is 12.8. The molecule has 2 saturated heterocycles. The van der Waals surface area contributed by atoms with Crippen molar-refractivity contribution in [2.75, 3.05) is 26.2 Å². The third kappa shape index (κ3) is 6.74. The zero-order valence-electron chi connectivity index (χ0n) is 26.9. The molecule has 246 valence electrons. The molecule has 0 aliphatic carbocycles. The van der Waals surface area contributed by atoms with E-state index in [2.05, 4.69) is 43.9 Å². The zero-order valence-corrected chi connectivity index (χ0v) is 26.9. The first kappa shape index (κ1) is 31.7. The van der Waals surface area contributed by atoms with Crippen molar-refractivity contribution in [2.45, 2.75) is 38.5 Å². The van der Waals surface area contributed by atoms with Gasteiger partial charge < -0.3 is 20.4 Å². The average Bonchev–Trinajstić information content (AvgIpc) is 3.68. The summed E-state index contributed by atoms with van der Waals surface area (Å²) in [4.78, 5) is 9.53. The lowest BCUT2D eigenvalue weighted by atomic mass is 10.0. The molecule has 0 radical (unpaired) electrons. The van der Waals surface area contributed by atoms with E-state index in [1.165, 1.54) is 0 Å². The molecule has 0 aromatic heterocycles. The van der Waals surface area contributed by atoms with Crippen LogP contribution >= 0.6 is 0 Å². The van der Waals surface area contributed by atoms with Gasteiger partial charge in [0.1, 0.15) is 23.0 Å². The maximum Gasteiger partial charge on any atom is 0.120 e. The van der Waals surface area contributed by atoms with E-state index in [1.54, 1.807) is 24.3 Å². The third-order valence-corrected chi connectivity index (χ3v) is 9.73. The Labute approximate surface area is 282 Å².